The normalized spacial score (nSPS) is 53.8. The molecular weight excluding hydrogens is 796 g/mol. The molecule has 0 aromatic heterocycles. The van der Waals surface area contributed by atoms with E-state index in [-0.39, 0.29) is 52.1 Å². The van der Waals surface area contributed by atoms with Gasteiger partial charge in [0.15, 0.2) is 24.8 Å². The van der Waals surface area contributed by atoms with Crippen LogP contribution >= 0.6 is 0 Å². The molecule has 0 radical (unpaired) electrons. The number of hydrogen-bond acceptors (Lipinski definition) is 16. The molecule has 3 aliphatic heterocycles. The maximum Gasteiger partial charge on any atom is 0.303 e. The van der Waals surface area contributed by atoms with Crippen LogP contribution in [0.2, 0.25) is 0 Å². The standard InChI is InChI=1S/C45H72O16/c1-21(47)56-26-19-55-38(34(31(26)51)57-22(2)48)60-28-11-13-45-20-44(45)15-14-41(7)35(43(9)12-10-29(61-43)40(5,6)54)23(49)17-42(41,8)27(44)16-24(36(45)39(28,3)4)58-37-33(53)32(52)30(50)25(18-46)59-37/h23-38,46,49-54H,10-20H2,1-9H3/t23-,24-,25-,26+,27-,28-,29+,30-,31-,32+,33-,34+,35-,36+,37-,38-,41+,42-,43+,44-,45+/m0/s1. The van der Waals surface area contributed by atoms with Gasteiger partial charge in [0.25, 0.3) is 0 Å². The number of ether oxygens (including phenoxy) is 7. The summed E-state index contributed by atoms with van der Waals surface area (Å²) in [5, 5.41) is 77.6. The predicted octanol–water partition coefficient (Wildman–Crippen LogP) is 1.87. The van der Waals surface area contributed by atoms with E-state index in [2.05, 4.69) is 34.6 Å². The Balaban J connectivity index is 1.14. The van der Waals surface area contributed by atoms with E-state index in [9.17, 15) is 45.3 Å². The molecule has 21 atom stereocenters. The van der Waals surface area contributed by atoms with Gasteiger partial charge in [0.1, 0.15) is 30.5 Å². The van der Waals surface area contributed by atoms with Gasteiger partial charge in [-0.25, -0.2) is 0 Å². The molecular formula is C45H72O16. The summed E-state index contributed by atoms with van der Waals surface area (Å²) in [5.74, 6) is -1.62. The van der Waals surface area contributed by atoms with E-state index >= 15 is 0 Å². The lowest BCUT2D eigenvalue weighted by Gasteiger charge is -2.65. The highest BCUT2D eigenvalue weighted by Gasteiger charge is 2.85. The molecule has 7 N–H and O–H groups in total. The summed E-state index contributed by atoms with van der Waals surface area (Å²) in [5.41, 5.74) is -3.44. The van der Waals surface area contributed by atoms with Gasteiger partial charge in [-0.1, -0.05) is 27.7 Å². The Labute approximate surface area is 358 Å². The van der Waals surface area contributed by atoms with Gasteiger partial charge >= 0.3 is 11.9 Å². The van der Waals surface area contributed by atoms with Crippen LogP contribution in [0.5, 0.6) is 0 Å². The van der Waals surface area contributed by atoms with E-state index in [1.54, 1.807) is 13.8 Å². The maximum absolute atomic E-state index is 12.3. The molecule has 16 nitrogen and oxygen atoms in total. The number of esters is 2. The fourth-order valence-corrected chi connectivity index (χ4v) is 15.5. The monoisotopic (exact) mass is 868 g/mol. The van der Waals surface area contributed by atoms with Crippen molar-refractivity contribution in [3.63, 3.8) is 0 Å². The van der Waals surface area contributed by atoms with Crippen LogP contribution in [0.3, 0.4) is 0 Å². The van der Waals surface area contributed by atoms with Gasteiger partial charge in [0, 0.05) is 19.8 Å². The minimum Gasteiger partial charge on any atom is -0.457 e. The van der Waals surface area contributed by atoms with Gasteiger partial charge in [-0.15, -0.1) is 0 Å². The van der Waals surface area contributed by atoms with E-state index in [0.717, 1.165) is 32.1 Å². The lowest BCUT2D eigenvalue weighted by atomic mass is 9.41. The molecule has 0 unspecified atom stereocenters. The second kappa shape index (κ2) is 15.3. The van der Waals surface area contributed by atoms with Crippen molar-refractivity contribution in [2.24, 2.45) is 44.8 Å². The van der Waals surface area contributed by atoms with E-state index < -0.39 is 109 Å². The number of aliphatic hydroxyl groups excluding tert-OH is 6. The van der Waals surface area contributed by atoms with Crippen LogP contribution in [0.15, 0.2) is 0 Å². The van der Waals surface area contributed by atoms with Crippen molar-refractivity contribution < 1.29 is 78.5 Å². The summed E-state index contributed by atoms with van der Waals surface area (Å²) in [7, 11) is 0. The predicted molar refractivity (Wildman–Crippen MR) is 213 cm³/mol. The summed E-state index contributed by atoms with van der Waals surface area (Å²) in [4.78, 5) is 24.1. The summed E-state index contributed by atoms with van der Waals surface area (Å²) in [6.45, 7) is 16.2. The van der Waals surface area contributed by atoms with E-state index in [1.165, 1.54) is 13.8 Å². The highest BCUT2D eigenvalue weighted by molar-refractivity contribution is 5.67. The number of fused-ring (bicyclic) bond motifs is 2. The number of carbonyl (C=O) groups excluding carboxylic acids is 2. The Morgan fingerprint density at radius 1 is 0.754 bits per heavy atom. The summed E-state index contributed by atoms with van der Waals surface area (Å²) in [6, 6.07) is 0. The first-order valence-corrected chi connectivity index (χ1v) is 22.6. The molecule has 3 saturated heterocycles. The van der Waals surface area contributed by atoms with Gasteiger partial charge in [-0.2, -0.15) is 0 Å². The third-order valence-corrected chi connectivity index (χ3v) is 18.2. The summed E-state index contributed by atoms with van der Waals surface area (Å²) in [6.07, 6.45) is -7.81. The van der Waals surface area contributed by atoms with Gasteiger partial charge in [-0.3, -0.25) is 9.59 Å². The fourth-order valence-electron chi connectivity index (χ4n) is 15.5. The van der Waals surface area contributed by atoms with Crippen molar-refractivity contribution >= 4 is 11.9 Å². The fraction of sp³-hybridized carbons (Fsp3) is 0.956. The van der Waals surface area contributed by atoms with Gasteiger partial charge in [0.2, 0.25) is 0 Å². The van der Waals surface area contributed by atoms with Crippen LogP contribution in [-0.4, -0.2) is 152 Å². The molecule has 2 spiro atoms. The molecule has 3 heterocycles. The van der Waals surface area contributed by atoms with Gasteiger partial charge < -0.3 is 68.9 Å². The van der Waals surface area contributed by atoms with Crippen molar-refractivity contribution in [1.29, 1.82) is 0 Å². The third-order valence-electron chi connectivity index (χ3n) is 18.2. The van der Waals surface area contributed by atoms with E-state index in [1.807, 2.05) is 0 Å². The van der Waals surface area contributed by atoms with Gasteiger partial charge in [0.05, 0.1) is 48.8 Å². The van der Waals surface area contributed by atoms with Crippen molar-refractivity contribution in [3.8, 4) is 0 Å². The highest BCUT2D eigenvalue weighted by atomic mass is 16.7. The SMILES string of the molecule is CC(=O)O[C@H]1[C@H](O[C@H]2CC[C@]34C[C@]35CC[C@]3(C)[C@@H]([C@@]6(C)CC[C@H](C(C)(C)O)O6)[C@@H](O)C[C@@]3(C)[C@@H]5C[C@H](O[C@H]3O[C@@H](CO)[C@H](O)[C@@H](O)[C@@H]3O)[C@@H]4C2(C)C)OC[C@@H](OC(C)=O)[C@@H]1O. The zero-order valence-electron chi connectivity index (χ0n) is 37.3. The number of rotatable bonds is 9. The topological polar surface area (TPSA) is 240 Å². The van der Waals surface area contributed by atoms with Crippen molar-refractivity contribution in [3.05, 3.63) is 0 Å². The van der Waals surface area contributed by atoms with Crippen molar-refractivity contribution in [2.75, 3.05) is 13.2 Å². The Hall–Kier alpha value is -1.54. The first-order valence-electron chi connectivity index (χ1n) is 22.6. The van der Waals surface area contributed by atoms with Crippen LogP contribution in [0.4, 0.5) is 0 Å². The molecule has 348 valence electrons. The number of aliphatic hydroxyl groups is 7. The molecule has 5 saturated carbocycles. The molecule has 5 aliphatic carbocycles. The van der Waals surface area contributed by atoms with Crippen LogP contribution in [0, 0.1) is 44.8 Å². The van der Waals surface area contributed by atoms with Crippen LogP contribution in [-0.2, 0) is 42.7 Å². The molecule has 0 aromatic rings. The lowest BCUT2D eigenvalue weighted by Crippen LogP contribution is -2.65. The highest BCUT2D eigenvalue weighted by Crippen LogP contribution is 2.89. The molecule has 0 aromatic carbocycles. The zero-order valence-corrected chi connectivity index (χ0v) is 37.3. The quantitative estimate of drug-likeness (QED) is 0.129. The minimum absolute atomic E-state index is 0.0660. The second-order valence-electron chi connectivity index (χ2n) is 22.2. The molecule has 16 heteroatoms. The Bertz CT molecular complexity index is 1680. The summed E-state index contributed by atoms with van der Waals surface area (Å²) < 4.78 is 43.4. The Morgan fingerprint density at radius 3 is 2.07 bits per heavy atom. The average molecular weight is 869 g/mol. The van der Waals surface area contributed by atoms with Gasteiger partial charge in [-0.05, 0) is 117 Å². The van der Waals surface area contributed by atoms with E-state index in [0.29, 0.717) is 25.7 Å². The molecule has 8 aliphatic rings. The second-order valence-corrected chi connectivity index (χ2v) is 22.2. The number of hydrogen-bond donors (Lipinski definition) is 7. The van der Waals surface area contributed by atoms with Crippen LogP contribution in [0.1, 0.15) is 120 Å². The van der Waals surface area contributed by atoms with Crippen LogP contribution in [0.25, 0.3) is 0 Å². The lowest BCUT2D eigenvalue weighted by molar-refractivity contribution is -0.339. The van der Waals surface area contributed by atoms with Crippen molar-refractivity contribution in [1.82, 2.24) is 0 Å². The molecule has 0 amide bonds. The summed E-state index contributed by atoms with van der Waals surface area (Å²) >= 11 is 0. The molecule has 8 rings (SSSR count). The minimum atomic E-state index is -1.63. The smallest absolute Gasteiger partial charge is 0.303 e. The molecule has 0 bridgehead atoms. The van der Waals surface area contributed by atoms with E-state index in [4.69, 9.17) is 33.2 Å². The van der Waals surface area contributed by atoms with Crippen LogP contribution < -0.4 is 0 Å². The van der Waals surface area contributed by atoms with Crippen molar-refractivity contribution in [2.45, 2.75) is 211 Å². The first kappa shape index (κ1) is 46.0. The molecule has 61 heavy (non-hydrogen) atoms. The molecule has 8 fully saturated rings. The zero-order chi connectivity index (χ0) is 44.6. The third kappa shape index (κ3) is 6.89. The average Bonchev–Trinajstić information content (AvgIpc) is 3.52. The maximum atomic E-state index is 12.3. The first-order chi connectivity index (χ1) is 28.3. The number of carbonyl (C=O) groups is 2. The Kier molecular flexibility index (Phi) is 11.5. The Morgan fingerprint density at radius 2 is 1.44 bits per heavy atom. The largest absolute Gasteiger partial charge is 0.457 e.